The van der Waals surface area contributed by atoms with Crippen LogP contribution in [0.25, 0.3) is 0 Å². The van der Waals surface area contributed by atoms with Gasteiger partial charge in [0.2, 0.25) is 0 Å². The van der Waals surface area contributed by atoms with Gasteiger partial charge in [-0.3, -0.25) is 9.59 Å². The Bertz CT molecular complexity index is 832. The first kappa shape index (κ1) is 15.8. The molecule has 0 aliphatic carbocycles. The van der Waals surface area contributed by atoms with Crippen LogP contribution in [0.15, 0.2) is 48.5 Å². The molecule has 2 unspecified atom stereocenters. The zero-order valence-electron chi connectivity index (χ0n) is 13.7. The summed E-state index contributed by atoms with van der Waals surface area (Å²) < 4.78 is 5.76. The maximum atomic E-state index is 13.1. The molecular weight excluding hydrogens is 318 g/mol. The van der Waals surface area contributed by atoms with Crippen molar-refractivity contribution in [2.75, 3.05) is 13.2 Å². The van der Waals surface area contributed by atoms with E-state index in [0.29, 0.717) is 13.2 Å². The van der Waals surface area contributed by atoms with Gasteiger partial charge >= 0.3 is 5.97 Å². The molecule has 128 valence electrons. The monoisotopic (exact) mass is 337 g/mol. The van der Waals surface area contributed by atoms with Gasteiger partial charge in [-0.05, 0) is 28.7 Å². The molecule has 0 spiro atoms. The molecule has 5 heteroatoms. The minimum absolute atomic E-state index is 0.159. The molecule has 2 aliphatic rings. The molecule has 1 N–H and O–H groups in total. The predicted octanol–water partition coefficient (Wildman–Crippen LogP) is 2.51. The molecule has 2 heterocycles. The molecule has 0 radical (unpaired) electrons. The van der Waals surface area contributed by atoms with Gasteiger partial charge in [0.15, 0.2) is 6.10 Å². The Balaban J connectivity index is 1.65. The van der Waals surface area contributed by atoms with Crippen LogP contribution in [-0.4, -0.2) is 35.0 Å². The van der Waals surface area contributed by atoms with Crippen molar-refractivity contribution < 1.29 is 19.4 Å². The van der Waals surface area contributed by atoms with Gasteiger partial charge in [-0.25, -0.2) is 0 Å². The predicted molar refractivity (Wildman–Crippen MR) is 91.1 cm³/mol. The smallest absolute Gasteiger partial charge is 0.312 e. The minimum Gasteiger partial charge on any atom is -0.481 e. The third-order valence-corrected chi connectivity index (χ3v) is 5.02. The molecule has 2 atom stereocenters. The fourth-order valence-corrected chi connectivity index (χ4v) is 3.75. The number of aliphatic carboxylic acids is 1. The summed E-state index contributed by atoms with van der Waals surface area (Å²) in [5, 5.41) is 9.58. The first-order valence-corrected chi connectivity index (χ1v) is 8.44. The van der Waals surface area contributed by atoms with Gasteiger partial charge in [-0.2, -0.15) is 0 Å². The van der Waals surface area contributed by atoms with Crippen LogP contribution in [0.3, 0.4) is 0 Å². The number of carboxylic acids is 1. The molecule has 2 aromatic carbocycles. The number of fused-ring (bicyclic) bond motifs is 2. The Morgan fingerprint density at radius 2 is 1.68 bits per heavy atom. The van der Waals surface area contributed by atoms with E-state index >= 15 is 0 Å². The molecule has 5 nitrogen and oxygen atoms in total. The van der Waals surface area contributed by atoms with E-state index in [0.717, 1.165) is 28.7 Å². The first-order valence-electron chi connectivity index (χ1n) is 8.44. The number of carbonyl (C=O) groups is 2. The standard InChI is InChI=1S/C20H19NO4/c22-19(18-16-8-4-1-5-13(16)9-10-25-18)21-11-14-6-2-3-7-15(14)17(12-21)20(23)24/h1-8,17-18H,9-12H2,(H,23,24). The highest BCUT2D eigenvalue weighted by Gasteiger charge is 2.37. The number of amides is 1. The van der Waals surface area contributed by atoms with E-state index in [1.807, 2.05) is 48.5 Å². The number of carbonyl (C=O) groups excluding carboxylic acids is 1. The Morgan fingerprint density at radius 1 is 1.00 bits per heavy atom. The summed E-state index contributed by atoms with van der Waals surface area (Å²) in [5.41, 5.74) is 3.70. The average molecular weight is 337 g/mol. The molecule has 0 saturated heterocycles. The molecule has 2 aliphatic heterocycles. The van der Waals surface area contributed by atoms with Crippen LogP contribution < -0.4 is 0 Å². The van der Waals surface area contributed by atoms with Crippen LogP contribution >= 0.6 is 0 Å². The van der Waals surface area contributed by atoms with E-state index < -0.39 is 18.0 Å². The second kappa shape index (κ2) is 6.33. The van der Waals surface area contributed by atoms with Gasteiger partial charge < -0.3 is 14.7 Å². The zero-order chi connectivity index (χ0) is 17.4. The first-order chi connectivity index (χ1) is 12.1. The summed E-state index contributed by atoms with van der Waals surface area (Å²) in [7, 11) is 0. The largest absolute Gasteiger partial charge is 0.481 e. The number of hydrogen-bond donors (Lipinski definition) is 1. The highest BCUT2D eigenvalue weighted by atomic mass is 16.5. The van der Waals surface area contributed by atoms with Gasteiger partial charge in [-0.15, -0.1) is 0 Å². The third-order valence-electron chi connectivity index (χ3n) is 5.02. The molecule has 0 bridgehead atoms. The van der Waals surface area contributed by atoms with Crippen LogP contribution in [0.1, 0.15) is 34.3 Å². The van der Waals surface area contributed by atoms with E-state index in [2.05, 4.69) is 0 Å². The summed E-state index contributed by atoms with van der Waals surface area (Å²) in [6, 6.07) is 15.2. The molecule has 25 heavy (non-hydrogen) atoms. The SMILES string of the molecule is O=C(O)C1CN(C(=O)C2OCCc3ccccc32)Cc2ccccc21. The van der Waals surface area contributed by atoms with Gasteiger partial charge in [-0.1, -0.05) is 48.5 Å². The van der Waals surface area contributed by atoms with Crippen molar-refractivity contribution in [2.45, 2.75) is 25.0 Å². The summed E-state index contributed by atoms with van der Waals surface area (Å²) in [6.07, 6.45) is 0.144. The summed E-state index contributed by atoms with van der Waals surface area (Å²) in [6.45, 7) is 1.09. The normalized spacial score (nSPS) is 22.0. The Labute approximate surface area is 145 Å². The summed E-state index contributed by atoms with van der Waals surface area (Å²) >= 11 is 0. The van der Waals surface area contributed by atoms with Crippen molar-refractivity contribution >= 4 is 11.9 Å². The Kier molecular flexibility index (Phi) is 4.01. The van der Waals surface area contributed by atoms with Gasteiger partial charge in [0.1, 0.15) is 0 Å². The maximum absolute atomic E-state index is 13.1. The second-order valence-corrected chi connectivity index (χ2v) is 6.51. The number of hydrogen-bond acceptors (Lipinski definition) is 3. The van der Waals surface area contributed by atoms with Crippen LogP contribution in [0, 0.1) is 0 Å². The zero-order valence-corrected chi connectivity index (χ0v) is 13.7. The van der Waals surface area contributed by atoms with Crippen LogP contribution in [0.5, 0.6) is 0 Å². The lowest BCUT2D eigenvalue weighted by atomic mass is 9.89. The van der Waals surface area contributed by atoms with Crippen molar-refractivity contribution in [3.63, 3.8) is 0 Å². The summed E-state index contributed by atoms with van der Waals surface area (Å²) in [4.78, 5) is 26.4. The molecule has 2 aromatic rings. The van der Waals surface area contributed by atoms with Crippen molar-refractivity contribution in [2.24, 2.45) is 0 Å². The molecule has 0 aromatic heterocycles. The van der Waals surface area contributed by atoms with Gasteiger partial charge in [0, 0.05) is 13.1 Å². The van der Waals surface area contributed by atoms with Gasteiger partial charge in [0.25, 0.3) is 5.91 Å². The Hall–Kier alpha value is -2.66. The molecular formula is C20H19NO4. The molecule has 0 fully saturated rings. The van der Waals surface area contributed by atoms with Crippen molar-refractivity contribution in [1.29, 1.82) is 0 Å². The Morgan fingerprint density at radius 3 is 2.44 bits per heavy atom. The average Bonchev–Trinajstić information content (AvgIpc) is 2.66. The molecule has 0 saturated carbocycles. The fraction of sp³-hybridized carbons (Fsp3) is 0.300. The fourth-order valence-electron chi connectivity index (χ4n) is 3.75. The van der Waals surface area contributed by atoms with E-state index in [1.54, 1.807) is 4.90 Å². The number of benzene rings is 2. The lowest BCUT2D eigenvalue weighted by molar-refractivity contribution is -0.148. The lowest BCUT2D eigenvalue weighted by Gasteiger charge is -2.36. The quantitative estimate of drug-likeness (QED) is 0.914. The molecule has 1 amide bonds. The van der Waals surface area contributed by atoms with Crippen LogP contribution in [0.2, 0.25) is 0 Å². The number of nitrogens with zero attached hydrogens (tertiary/aromatic N) is 1. The maximum Gasteiger partial charge on any atom is 0.312 e. The number of ether oxygens (including phenoxy) is 1. The number of carboxylic acid groups (broad SMARTS) is 1. The highest BCUT2D eigenvalue weighted by Crippen LogP contribution is 2.33. The lowest BCUT2D eigenvalue weighted by Crippen LogP contribution is -2.44. The van der Waals surface area contributed by atoms with Crippen LogP contribution in [-0.2, 0) is 27.3 Å². The highest BCUT2D eigenvalue weighted by molar-refractivity contribution is 5.85. The molecule has 4 rings (SSSR count). The van der Waals surface area contributed by atoms with Crippen molar-refractivity contribution in [3.05, 3.63) is 70.8 Å². The number of rotatable bonds is 2. The van der Waals surface area contributed by atoms with E-state index in [4.69, 9.17) is 4.74 Å². The van der Waals surface area contributed by atoms with E-state index in [9.17, 15) is 14.7 Å². The van der Waals surface area contributed by atoms with E-state index in [-0.39, 0.29) is 12.5 Å². The van der Waals surface area contributed by atoms with Crippen molar-refractivity contribution in [3.8, 4) is 0 Å². The van der Waals surface area contributed by atoms with E-state index in [1.165, 1.54) is 0 Å². The topological polar surface area (TPSA) is 66.8 Å². The minimum atomic E-state index is -0.907. The van der Waals surface area contributed by atoms with Gasteiger partial charge in [0.05, 0.1) is 12.5 Å². The third kappa shape index (κ3) is 2.81. The summed E-state index contributed by atoms with van der Waals surface area (Å²) in [5.74, 6) is -1.77. The second-order valence-electron chi connectivity index (χ2n) is 6.51. The van der Waals surface area contributed by atoms with Crippen LogP contribution in [0.4, 0.5) is 0 Å². The van der Waals surface area contributed by atoms with Crippen molar-refractivity contribution in [1.82, 2.24) is 4.90 Å².